The van der Waals surface area contributed by atoms with E-state index in [1.165, 1.54) is 12.1 Å². The van der Waals surface area contributed by atoms with E-state index in [0.717, 1.165) is 5.56 Å². The molecule has 0 saturated heterocycles. The number of rotatable bonds is 10. The molecule has 2 atom stereocenters. The van der Waals surface area contributed by atoms with Gasteiger partial charge < -0.3 is 25.6 Å². The van der Waals surface area contributed by atoms with Gasteiger partial charge in [-0.2, -0.15) is 0 Å². The van der Waals surface area contributed by atoms with Gasteiger partial charge in [-0.05, 0) is 56.1 Å². The van der Waals surface area contributed by atoms with Gasteiger partial charge in [0.15, 0.2) is 0 Å². The lowest BCUT2D eigenvalue weighted by molar-refractivity contribution is -0.140. The van der Waals surface area contributed by atoms with Crippen molar-refractivity contribution in [2.24, 2.45) is 0 Å². The van der Waals surface area contributed by atoms with E-state index in [1.807, 2.05) is 6.92 Å². The molecule has 0 aliphatic carbocycles. The standard InChI is InChI=1S/C21H25Cl3N2O4/c1-3-30-17(28)11-26-20-16(22)10-14(18(23)19(20)24)8-9-25-12(2)21(29)13-4-6-15(27)7-5-13/h4-7,10,12,21,25-27,29H,3,8-9,11H2,1-2H3/t12-,21-/m0/s1. The zero-order valence-electron chi connectivity index (χ0n) is 16.7. The molecule has 9 heteroatoms. The molecule has 30 heavy (non-hydrogen) atoms. The van der Waals surface area contributed by atoms with E-state index >= 15 is 0 Å². The van der Waals surface area contributed by atoms with Gasteiger partial charge in [-0.15, -0.1) is 0 Å². The number of phenols is 1. The van der Waals surface area contributed by atoms with E-state index in [1.54, 1.807) is 25.1 Å². The molecule has 0 amide bonds. The molecule has 0 aliphatic rings. The highest BCUT2D eigenvalue weighted by molar-refractivity contribution is 6.46. The lowest BCUT2D eigenvalue weighted by Crippen LogP contribution is -2.33. The Kier molecular flexibility index (Phi) is 9.52. The zero-order chi connectivity index (χ0) is 22.3. The average molecular weight is 476 g/mol. The Balaban J connectivity index is 1.96. The lowest BCUT2D eigenvalue weighted by atomic mass is 10.0. The van der Waals surface area contributed by atoms with Crippen LogP contribution in [0.3, 0.4) is 0 Å². The van der Waals surface area contributed by atoms with Crippen LogP contribution in [0.25, 0.3) is 0 Å². The molecule has 0 aromatic heterocycles. The smallest absolute Gasteiger partial charge is 0.325 e. The van der Waals surface area contributed by atoms with Crippen LogP contribution in [-0.4, -0.2) is 41.9 Å². The molecule has 0 radical (unpaired) electrons. The maximum Gasteiger partial charge on any atom is 0.325 e. The fourth-order valence-electron chi connectivity index (χ4n) is 2.87. The fourth-order valence-corrected chi connectivity index (χ4v) is 3.74. The van der Waals surface area contributed by atoms with Crippen molar-refractivity contribution in [2.45, 2.75) is 32.4 Å². The van der Waals surface area contributed by atoms with Crippen LogP contribution in [0.5, 0.6) is 5.75 Å². The summed E-state index contributed by atoms with van der Waals surface area (Å²) in [5, 5.41) is 26.8. The number of aromatic hydroxyl groups is 1. The predicted molar refractivity (Wildman–Crippen MR) is 121 cm³/mol. The van der Waals surface area contributed by atoms with Gasteiger partial charge in [0.05, 0.1) is 33.5 Å². The molecule has 164 valence electrons. The summed E-state index contributed by atoms with van der Waals surface area (Å²) in [4.78, 5) is 11.5. The quantitative estimate of drug-likeness (QED) is 0.297. The summed E-state index contributed by atoms with van der Waals surface area (Å²) in [6.45, 7) is 4.33. The normalized spacial score (nSPS) is 13.0. The minimum absolute atomic E-state index is 0.0722. The molecule has 6 nitrogen and oxygen atoms in total. The largest absolute Gasteiger partial charge is 0.508 e. The van der Waals surface area contributed by atoms with Crippen molar-refractivity contribution < 1.29 is 19.7 Å². The second-order valence-corrected chi connectivity index (χ2v) is 7.87. The third kappa shape index (κ3) is 6.65. The number of nitrogens with one attached hydrogen (secondary N) is 2. The van der Waals surface area contributed by atoms with Crippen molar-refractivity contribution in [3.05, 3.63) is 56.5 Å². The Morgan fingerprint density at radius 2 is 1.83 bits per heavy atom. The van der Waals surface area contributed by atoms with Crippen molar-refractivity contribution in [1.29, 1.82) is 0 Å². The molecule has 0 unspecified atom stereocenters. The third-order valence-electron chi connectivity index (χ3n) is 4.52. The number of anilines is 1. The van der Waals surface area contributed by atoms with Crippen LogP contribution in [0, 0.1) is 0 Å². The summed E-state index contributed by atoms with van der Waals surface area (Å²) in [6, 6.07) is 7.89. The monoisotopic (exact) mass is 474 g/mol. The van der Waals surface area contributed by atoms with Crippen LogP contribution in [-0.2, 0) is 16.0 Å². The topological polar surface area (TPSA) is 90.8 Å². The number of hydrogen-bond acceptors (Lipinski definition) is 6. The van der Waals surface area contributed by atoms with Gasteiger partial charge in [0.25, 0.3) is 0 Å². The van der Waals surface area contributed by atoms with E-state index in [0.29, 0.717) is 34.3 Å². The third-order valence-corrected chi connectivity index (χ3v) is 5.72. The zero-order valence-corrected chi connectivity index (χ0v) is 19.0. The summed E-state index contributed by atoms with van der Waals surface area (Å²) >= 11 is 19.0. The highest BCUT2D eigenvalue weighted by Crippen LogP contribution is 2.39. The van der Waals surface area contributed by atoms with E-state index < -0.39 is 12.1 Å². The highest BCUT2D eigenvalue weighted by atomic mass is 35.5. The minimum atomic E-state index is -0.734. The van der Waals surface area contributed by atoms with Crippen molar-refractivity contribution in [3.8, 4) is 5.75 Å². The molecule has 2 aromatic rings. The van der Waals surface area contributed by atoms with Crippen LogP contribution in [0.15, 0.2) is 30.3 Å². The summed E-state index contributed by atoms with van der Waals surface area (Å²) in [5.41, 5.74) is 1.82. The van der Waals surface area contributed by atoms with Crippen LogP contribution in [0.2, 0.25) is 15.1 Å². The van der Waals surface area contributed by atoms with Crippen LogP contribution in [0.4, 0.5) is 5.69 Å². The second kappa shape index (κ2) is 11.6. The first-order chi connectivity index (χ1) is 14.2. The van der Waals surface area contributed by atoms with Crippen molar-refractivity contribution >= 4 is 46.5 Å². The number of phenolic OH excluding ortho intramolecular Hbond substituents is 1. The van der Waals surface area contributed by atoms with E-state index in [9.17, 15) is 15.0 Å². The number of hydrogen-bond donors (Lipinski definition) is 4. The second-order valence-electron chi connectivity index (χ2n) is 6.71. The van der Waals surface area contributed by atoms with Crippen LogP contribution in [0.1, 0.15) is 31.1 Å². The Morgan fingerprint density at radius 1 is 1.17 bits per heavy atom. The summed E-state index contributed by atoms with van der Waals surface area (Å²) in [6.07, 6.45) is -0.203. The van der Waals surface area contributed by atoms with Crippen molar-refractivity contribution in [2.75, 3.05) is 25.0 Å². The highest BCUT2D eigenvalue weighted by Gasteiger charge is 2.18. The number of aliphatic hydroxyl groups is 1. The number of ether oxygens (including phenoxy) is 1. The molecule has 0 fully saturated rings. The van der Waals surface area contributed by atoms with Gasteiger partial charge in [-0.3, -0.25) is 4.79 Å². The average Bonchev–Trinajstić information content (AvgIpc) is 2.71. The Bertz CT molecular complexity index is 862. The summed E-state index contributed by atoms with van der Waals surface area (Å²) < 4.78 is 4.87. The molecule has 0 spiro atoms. The molecule has 0 saturated carbocycles. The predicted octanol–water partition coefficient (Wildman–Crippen LogP) is 4.58. The molecule has 0 aliphatic heterocycles. The Hall–Kier alpha value is -1.70. The molecule has 0 heterocycles. The summed E-state index contributed by atoms with van der Waals surface area (Å²) in [5.74, 6) is -0.273. The maximum absolute atomic E-state index is 11.5. The van der Waals surface area contributed by atoms with E-state index in [-0.39, 0.29) is 30.0 Å². The number of aliphatic hydroxyl groups excluding tert-OH is 1. The van der Waals surface area contributed by atoms with Gasteiger partial charge in [-0.1, -0.05) is 46.9 Å². The van der Waals surface area contributed by atoms with Gasteiger partial charge in [0.1, 0.15) is 12.3 Å². The molecule has 0 bridgehead atoms. The molecule has 2 aromatic carbocycles. The fraction of sp³-hybridized carbons (Fsp3) is 0.381. The molecular weight excluding hydrogens is 451 g/mol. The number of carbonyl (C=O) groups is 1. The van der Waals surface area contributed by atoms with Crippen molar-refractivity contribution in [3.63, 3.8) is 0 Å². The van der Waals surface area contributed by atoms with Gasteiger partial charge >= 0.3 is 5.97 Å². The first kappa shape index (κ1) is 24.6. The van der Waals surface area contributed by atoms with Crippen LogP contribution >= 0.6 is 34.8 Å². The molecular formula is C21H25Cl3N2O4. The maximum atomic E-state index is 11.5. The molecule has 4 N–H and O–H groups in total. The first-order valence-electron chi connectivity index (χ1n) is 9.50. The van der Waals surface area contributed by atoms with Gasteiger partial charge in [0, 0.05) is 6.04 Å². The van der Waals surface area contributed by atoms with Gasteiger partial charge in [0.2, 0.25) is 0 Å². The van der Waals surface area contributed by atoms with E-state index in [2.05, 4.69) is 10.6 Å². The number of carbonyl (C=O) groups excluding carboxylic acids is 1. The Labute approximate surface area is 191 Å². The van der Waals surface area contributed by atoms with Crippen molar-refractivity contribution in [1.82, 2.24) is 5.32 Å². The van der Waals surface area contributed by atoms with Crippen LogP contribution < -0.4 is 10.6 Å². The molecule has 2 rings (SSSR count). The first-order valence-corrected chi connectivity index (χ1v) is 10.6. The SMILES string of the molecule is CCOC(=O)CNc1c(Cl)cc(CCN[C@@H](C)[C@H](O)c2ccc(O)cc2)c(Cl)c1Cl. The number of benzene rings is 2. The number of halogens is 3. The van der Waals surface area contributed by atoms with E-state index in [4.69, 9.17) is 39.5 Å². The minimum Gasteiger partial charge on any atom is -0.508 e. The summed E-state index contributed by atoms with van der Waals surface area (Å²) in [7, 11) is 0. The number of esters is 1. The Morgan fingerprint density at radius 3 is 2.47 bits per heavy atom. The lowest BCUT2D eigenvalue weighted by Gasteiger charge is -2.21. The van der Waals surface area contributed by atoms with Gasteiger partial charge in [-0.25, -0.2) is 0 Å².